The maximum atomic E-state index is 13.0. The minimum atomic E-state index is -1.48. The second-order valence-corrected chi connectivity index (χ2v) is 13.5. The highest BCUT2D eigenvalue weighted by Gasteiger charge is 2.54. The molecular formula is C26H43N3O9. The molecule has 0 bridgehead atoms. The van der Waals surface area contributed by atoms with Crippen LogP contribution in [0.15, 0.2) is 5.11 Å². The Kier molecular flexibility index (Phi) is 10.4. The number of rotatable bonds is 6. The Hall–Kier alpha value is -2.85. The van der Waals surface area contributed by atoms with Gasteiger partial charge in [0, 0.05) is 4.91 Å². The number of esters is 4. The summed E-state index contributed by atoms with van der Waals surface area (Å²) in [7, 11) is 0. The van der Waals surface area contributed by atoms with Gasteiger partial charge in [-0.15, -0.1) is 0 Å². The lowest BCUT2D eigenvalue weighted by atomic mass is 9.92. The Balaban J connectivity index is 3.67. The molecule has 1 aliphatic rings. The maximum absolute atomic E-state index is 13.0. The van der Waals surface area contributed by atoms with Gasteiger partial charge in [-0.05, 0) is 88.6 Å². The van der Waals surface area contributed by atoms with E-state index >= 15 is 0 Å². The van der Waals surface area contributed by atoms with Crippen LogP contribution in [-0.4, -0.2) is 61.1 Å². The molecule has 216 valence electrons. The number of hydrogen-bond acceptors (Lipinski definition) is 10. The number of carbonyl (C=O) groups is 4. The summed E-state index contributed by atoms with van der Waals surface area (Å²) in [5.41, 5.74) is 5.44. The molecule has 38 heavy (non-hydrogen) atoms. The summed E-state index contributed by atoms with van der Waals surface area (Å²) < 4.78 is 28.6. The average molecular weight is 542 g/mol. The van der Waals surface area contributed by atoms with Crippen molar-refractivity contribution >= 4 is 23.9 Å². The van der Waals surface area contributed by atoms with Crippen LogP contribution < -0.4 is 0 Å². The third kappa shape index (κ3) is 9.16. The monoisotopic (exact) mass is 541 g/mol. The van der Waals surface area contributed by atoms with Crippen molar-refractivity contribution in [3.63, 3.8) is 0 Å². The van der Waals surface area contributed by atoms with Crippen LogP contribution in [0.2, 0.25) is 0 Å². The van der Waals surface area contributed by atoms with Gasteiger partial charge in [-0.2, -0.15) is 0 Å². The van der Waals surface area contributed by atoms with E-state index in [1.807, 2.05) is 0 Å². The fourth-order valence-corrected chi connectivity index (χ4v) is 2.85. The molecule has 0 aliphatic carbocycles. The quantitative estimate of drug-likeness (QED) is 0.155. The predicted octanol–water partition coefficient (Wildman–Crippen LogP) is 4.48. The van der Waals surface area contributed by atoms with Crippen molar-refractivity contribution in [2.45, 2.75) is 114 Å². The normalized spacial score (nSPS) is 24.5. The molecule has 0 aromatic carbocycles. The molecule has 1 rings (SSSR count). The van der Waals surface area contributed by atoms with E-state index in [0.717, 1.165) is 0 Å². The van der Waals surface area contributed by atoms with Crippen LogP contribution in [0.4, 0.5) is 0 Å². The van der Waals surface area contributed by atoms with Crippen molar-refractivity contribution in [1.82, 2.24) is 0 Å². The molecule has 0 spiro atoms. The number of hydrogen-bond donors (Lipinski definition) is 0. The van der Waals surface area contributed by atoms with Crippen LogP contribution in [0.5, 0.6) is 0 Å². The van der Waals surface area contributed by atoms with Gasteiger partial charge in [-0.1, -0.05) is 5.11 Å². The van der Waals surface area contributed by atoms with E-state index in [9.17, 15) is 24.7 Å². The maximum Gasteiger partial charge on any atom is 0.311 e. The van der Waals surface area contributed by atoms with E-state index in [1.165, 1.54) is 0 Å². The third-order valence-electron chi connectivity index (χ3n) is 5.33. The molecule has 12 heteroatoms. The summed E-state index contributed by atoms with van der Waals surface area (Å²) in [6, 6.07) is 0. The highest BCUT2D eigenvalue weighted by Crippen LogP contribution is 2.34. The molecule has 12 nitrogen and oxygen atoms in total. The fraction of sp³-hybridized carbons (Fsp3) is 0.846. The molecule has 0 N–H and O–H groups in total. The van der Waals surface area contributed by atoms with Crippen molar-refractivity contribution in [2.24, 2.45) is 26.8 Å². The summed E-state index contributed by atoms with van der Waals surface area (Å²) in [6.07, 6.45) is -6.97. The van der Waals surface area contributed by atoms with Crippen molar-refractivity contribution in [3.8, 4) is 0 Å². The summed E-state index contributed by atoms with van der Waals surface area (Å²) >= 11 is 0. The SMILES string of the molecule is CC(C)(C)C(=O)OC[C@@H]1O[C@H](N=[N+]=[N-])[C@@H](OC(=O)C(C)(C)C)[C@@H](OC(=O)C(C)(C)C)[C@H]1OC(=O)C(C)(C)C. The highest BCUT2D eigenvalue weighted by atomic mass is 16.7. The molecule has 5 atom stereocenters. The van der Waals surface area contributed by atoms with Gasteiger partial charge in [-0.3, -0.25) is 19.2 Å². The van der Waals surface area contributed by atoms with Crippen molar-refractivity contribution in [2.75, 3.05) is 6.61 Å². The minimum Gasteiger partial charge on any atom is -0.462 e. The highest BCUT2D eigenvalue weighted by molar-refractivity contribution is 5.78. The van der Waals surface area contributed by atoms with E-state index < -0.39 is 82.8 Å². The van der Waals surface area contributed by atoms with E-state index in [0.29, 0.717) is 0 Å². The zero-order chi connectivity index (χ0) is 29.9. The minimum absolute atomic E-state index is 0.418. The number of azide groups is 1. The first-order valence-electron chi connectivity index (χ1n) is 12.5. The van der Waals surface area contributed by atoms with Crippen LogP contribution in [0.1, 0.15) is 83.1 Å². The van der Waals surface area contributed by atoms with E-state index in [2.05, 4.69) is 10.0 Å². The molecular weight excluding hydrogens is 498 g/mol. The standard InChI is InChI=1S/C26H43N3O9/c1-23(2,3)19(30)34-13-14-15(36-20(31)24(4,5)6)16(37-21(32)25(7,8)9)17(18(35-14)28-29-27)38-22(33)26(10,11)12/h14-18H,13H2,1-12H3/t14-,15-,16-,17-,18-/m0/s1. The van der Waals surface area contributed by atoms with Gasteiger partial charge in [0.2, 0.25) is 0 Å². The van der Waals surface area contributed by atoms with Crippen molar-refractivity contribution < 1.29 is 42.9 Å². The van der Waals surface area contributed by atoms with Gasteiger partial charge in [0.05, 0.1) is 21.7 Å². The fourth-order valence-electron chi connectivity index (χ4n) is 2.85. The predicted molar refractivity (Wildman–Crippen MR) is 136 cm³/mol. The van der Waals surface area contributed by atoms with Crippen LogP contribution in [0.25, 0.3) is 10.4 Å². The number of ether oxygens (including phenoxy) is 5. The molecule has 1 heterocycles. The lowest BCUT2D eigenvalue weighted by Gasteiger charge is -2.45. The van der Waals surface area contributed by atoms with Crippen LogP contribution >= 0.6 is 0 Å². The molecule has 0 radical (unpaired) electrons. The van der Waals surface area contributed by atoms with Crippen LogP contribution in [-0.2, 0) is 42.9 Å². The zero-order valence-corrected chi connectivity index (χ0v) is 24.6. The lowest BCUT2D eigenvalue weighted by Crippen LogP contribution is -2.63. The molecule has 1 saturated heterocycles. The summed E-state index contributed by atoms with van der Waals surface area (Å²) in [5.74, 6) is -2.62. The summed E-state index contributed by atoms with van der Waals surface area (Å²) in [4.78, 5) is 54.2. The second-order valence-electron chi connectivity index (χ2n) is 13.5. The van der Waals surface area contributed by atoms with Crippen LogP contribution in [0, 0.1) is 21.7 Å². The van der Waals surface area contributed by atoms with Gasteiger partial charge < -0.3 is 23.7 Å². The first-order valence-corrected chi connectivity index (χ1v) is 12.5. The van der Waals surface area contributed by atoms with E-state index in [4.69, 9.17) is 23.7 Å². The zero-order valence-electron chi connectivity index (χ0n) is 24.6. The van der Waals surface area contributed by atoms with Crippen LogP contribution in [0.3, 0.4) is 0 Å². The first kappa shape index (κ1) is 33.2. The Bertz CT molecular complexity index is 945. The summed E-state index contributed by atoms with van der Waals surface area (Å²) in [5, 5.41) is 3.62. The Labute approximate surface area is 224 Å². The third-order valence-corrected chi connectivity index (χ3v) is 5.33. The van der Waals surface area contributed by atoms with E-state index in [-0.39, 0.29) is 0 Å². The molecule has 0 aromatic heterocycles. The van der Waals surface area contributed by atoms with Crippen molar-refractivity contribution in [1.29, 1.82) is 0 Å². The first-order chi connectivity index (χ1) is 17.0. The Morgan fingerprint density at radius 1 is 0.658 bits per heavy atom. The Morgan fingerprint density at radius 3 is 1.39 bits per heavy atom. The van der Waals surface area contributed by atoms with Gasteiger partial charge in [-0.25, -0.2) is 0 Å². The molecule has 1 aliphatic heterocycles. The molecule has 0 unspecified atom stereocenters. The molecule has 0 amide bonds. The van der Waals surface area contributed by atoms with E-state index in [1.54, 1.807) is 83.1 Å². The van der Waals surface area contributed by atoms with Gasteiger partial charge in [0.1, 0.15) is 12.7 Å². The second kappa shape index (κ2) is 11.9. The summed E-state index contributed by atoms with van der Waals surface area (Å²) in [6.45, 7) is 19.2. The van der Waals surface area contributed by atoms with Crippen molar-refractivity contribution in [3.05, 3.63) is 10.4 Å². The topological polar surface area (TPSA) is 163 Å². The molecule has 0 aromatic rings. The Morgan fingerprint density at radius 2 is 1.03 bits per heavy atom. The number of carbonyl (C=O) groups excluding carboxylic acids is 4. The molecule has 1 fully saturated rings. The van der Waals surface area contributed by atoms with Gasteiger partial charge in [0.25, 0.3) is 0 Å². The number of nitrogens with zero attached hydrogens (tertiary/aromatic N) is 3. The van der Waals surface area contributed by atoms with Gasteiger partial charge in [0.15, 0.2) is 24.5 Å². The smallest absolute Gasteiger partial charge is 0.311 e. The lowest BCUT2D eigenvalue weighted by molar-refractivity contribution is -0.259. The average Bonchev–Trinajstić information content (AvgIpc) is 2.73. The van der Waals surface area contributed by atoms with Gasteiger partial charge >= 0.3 is 23.9 Å². The molecule has 0 saturated carbocycles. The largest absolute Gasteiger partial charge is 0.462 e.